The average Bonchev–Trinajstić information content (AvgIpc) is 2.95. The van der Waals surface area contributed by atoms with Crippen LogP contribution in [0.15, 0.2) is 71.4 Å². The molecule has 0 spiro atoms. The molecule has 1 heterocycles. The van der Waals surface area contributed by atoms with E-state index in [1.807, 2.05) is 30.3 Å². The Kier molecular flexibility index (Phi) is 3.93. The van der Waals surface area contributed by atoms with E-state index in [9.17, 15) is 20.0 Å². The van der Waals surface area contributed by atoms with Crippen molar-refractivity contribution in [1.29, 1.82) is 5.26 Å². The number of allylic oxidation sites excluding steroid dienone is 1. The van der Waals surface area contributed by atoms with Crippen molar-refractivity contribution in [1.82, 2.24) is 4.90 Å². The number of nitriles is 1. The van der Waals surface area contributed by atoms with E-state index in [2.05, 4.69) is 6.07 Å². The number of Topliss-reactive ketones (excluding diaryl/α,β-unsaturated/α-hetero) is 1. The summed E-state index contributed by atoms with van der Waals surface area (Å²) in [4.78, 5) is 27.5. The van der Waals surface area contributed by atoms with Gasteiger partial charge in [-0.25, -0.2) is 4.79 Å². The van der Waals surface area contributed by atoms with Gasteiger partial charge in [0.2, 0.25) is 0 Å². The zero-order valence-electron chi connectivity index (χ0n) is 15.6. The molecule has 0 amide bonds. The van der Waals surface area contributed by atoms with Gasteiger partial charge >= 0.3 is 5.97 Å². The first kappa shape index (κ1) is 17.7. The van der Waals surface area contributed by atoms with Gasteiger partial charge in [0.25, 0.3) is 0 Å². The van der Waals surface area contributed by atoms with Crippen molar-refractivity contribution in [3.8, 4) is 6.07 Å². The molecule has 138 valence electrons. The van der Waals surface area contributed by atoms with Crippen LogP contribution in [-0.2, 0) is 10.3 Å². The summed E-state index contributed by atoms with van der Waals surface area (Å²) in [6.45, 7) is 1.73. The number of carbonyl (C=O) groups excluding carboxylic acids is 1. The number of carboxylic acid groups (broad SMARTS) is 1. The van der Waals surface area contributed by atoms with Crippen LogP contribution < -0.4 is 0 Å². The van der Waals surface area contributed by atoms with E-state index in [1.54, 1.807) is 43.1 Å². The number of ketones is 1. The normalized spacial score (nSPS) is 20.8. The number of likely N-dealkylation sites (N-methyl/N-ethyl adjacent to an activating group) is 1. The van der Waals surface area contributed by atoms with Crippen LogP contribution in [-0.4, -0.2) is 28.8 Å². The molecule has 0 saturated heterocycles. The number of hydrogen-bond acceptors (Lipinski definition) is 4. The number of carboxylic acids is 1. The second-order valence-electron chi connectivity index (χ2n) is 7.01. The molecule has 2 aromatic rings. The highest BCUT2D eigenvalue weighted by atomic mass is 16.4. The van der Waals surface area contributed by atoms with E-state index < -0.39 is 11.5 Å². The van der Waals surface area contributed by atoms with Gasteiger partial charge in [-0.15, -0.1) is 0 Å². The number of carbonyl (C=O) groups is 2. The number of aliphatic carboxylic acids is 1. The van der Waals surface area contributed by atoms with Gasteiger partial charge in [0.1, 0.15) is 5.54 Å². The molecule has 1 aliphatic heterocycles. The topological polar surface area (TPSA) is 81.4 Å². The Balaban J connectivity index is 2.20. The van der Waals surface area contributed by atoms with Crippen LogP contribution >= 0.6 is 0 Å². The van der Waals surface area contributed by atoms with Crippen molar-refractivity contribution < 1.29 is 14.7 Å². The van der Waals surface area contributed by atoms with Crippen molar-refractivity contribution >= 4 is 17.3 Å². The molecule has 0 fully saturated rings. The fraction of sp³-hybridized carbons (Fsp3) is 0.174. The summed E-state index contributed by atoms with van der Waals surface area (Å²) < 4.78 is 0. The lowest BCUT2D eigenvalue weighted by Crippen LogP contribution is -2.46. The Labute approximate surface area is 162 Å². The minimum absolute atomic E-state index is 0.0438. The fourth-order valence-electron chi connectivity index (χ4n) is 4.50. The van der Waals surface area contributed by atoms with E-state index in [0.29, 0.717) is 28.0 Å². The molecule has 0 radical (unpaired) electrons. The molecule has 5 nitrogen and oxygen atoms in total. The van der Waals surface area contributed by atoms with E-state index in [-0.39, 0.29) is 17.8 Å². The standard InChI is InChI=1S/C23H18N2O3/c1-14-18(22(27)28)19(15-8-4-3-5-9-15)20-21(26)16-10-6-7-11-17(16)23(20,12-13-24)25(14)2/h3-11H,12H2,1-2H3,(H,27,28). The zero-order chi connectivity index (χ0) is 20.1. The highest BCUT2D eigenvalue weighted by molar-refractivity contribution is 6.24. The molecule has 0 aromatic heterocycles. The van der Waals surface area contributed by atoms with Gasteiger partial charge in [0.05, 0.1) is 18.1 Å². The van der Waals surface area contributed by atoms with Gasteiger partial charge in [-0.1, -0.05) is 54.6 Å². The SMILES string of the molecule is CC1=C(C(=O)O)C(c2ccccc2)=C2C(=O)c3ccccc3C2(CC#N)N1C. The highest BCUT2D eigenvalue weighted by Gasteiger charge is 2.55. The van der Waals surface area contributed by atoms with Crippen LogP contribution in [0.2, 0.25) is 0 Å². The molecule has 0 bridgehead atoms. The van der Waals surface area contributed by atoms with Crippen molar-refractivity contribution in [3.05, 3.63) is 88.1 Å². The maximum Gasteiger partial charge on any atom is 0.338 e. The Bertz CT molecular complexity index is 1120. The fourth-order valence-corrected chi connectivity index (χ4v) is 4.50. The maximum atomic E-state index is 13.5. The number of rotatable bonds is 3. The lowest BCUT2D eigenvalue weighted by molar-refractivity contribution is -0.132. The molecule has 2 aromatic carbocycles. The molecular formula is C23H18N2O3. The number of benzene rings is 2. The summed E-state index contributed by atoms with van der Waals surface area (Å²) in [5.74, 6) is -1.31. The summed E-state index contributed by atoms with van der Waals surface area (Å²) >= 11 is 0. The molecule has 1 N–H and O–H groups in total. The predicted octanol–water partition coefficient (Wildman–Crippen LogP) is 3.75. The van der Waals surface area contributed by atoms with Crippen LogP contribution in [0, 0.1) is 11.3 Å². The van der Waals surface area contributed by atoms with E-state index in [0.717, 1.165) is 5.56 Å². The van der Waals surface area contributed by atoms with Gasteiger partial charge in [-0.2, -0.15) is 5.26 Å². The Hall–Kier alpha value is -3.65. The molecule has 0 saturated carbocycles. The van der Waals surface area contributed by atoms with Gasteiger partial charge in [-0.05, 0) is 18.1 Å². The Morgan fingerprint density at radius 1 is 1.14 bits per heavy atom. The van der Waals surface area contributed by atoms with Gasteiger partial charge in [0, 0.05) is 29.5 Å². The first-order chi connectivity index (χ1) is 13.4. The third-order valence-corrected chi connectivity index (χ3v) is 5.81. The van der Waals surface area contributed by atoms with Crippen LogP contribution in [0.25, 0.3) is 5.57 Å². The van der Waals surface area contributed by atoms with E-state index in [4.69, 9.17) is 0 Å². The first-order valence-electron chi connectivity index (χ1n) is 8.95. The van der Waals surface area contributed by atoms with Crippen molar-refractivity contribution in [2.45, 2.75) is 18.9 Å². The summed E-state index contributed by atoms with van der Waals surface area (Å²) in [6.07, 6.45) is 0.0438. The second-order valence-corrected chi connectivity index (χ2v) is 7.01. The minimum atomic E-state index is -1.09. The molecule has 4 rings (SSSR count). The van der Waals surface area contributed by atoms with Crippen LogP contribution in [0.3, 0.4) is 0 Å². The summed E-state index contributed by atoms with van der Waals surface area (Å²) in [7, 11) is 1.76. The Morgan fingerprint density at radius 2 is 1.79 bits per heavy atom. The van der Waals surface area contributed by atoms with Gasteiger partial charge in [0.15, 0.2) is 5.78 Å². The van der Waals surface area contributed by atoms with Crippen molar-refractivity contribution in [3.63, 3.8) is 0 Å². The maximum absolute atomic E-state index is 13.5. The molecule has 28 heavy (non-hydrogen) atoms. The first-order valence-corrected chi connectivity index (χ1v) is 8.95. The third-order valence-electron chi connectivity index (χ3n) is 5.81. The van der Waals surface area contributed by atoms with Crippen molar-refractivity contribution in [2.75, 3.05) is 7.05 Å². The minimum Gasteiger partial charge on any atom is -0.478 e. The largest absolute Gasteiger partial charge is 0.478 e. The summed E-state index contributed by atoms with van der Waals surface area (Å²) in [6, 6.07) is 18.5. The average molecular weight is 370 g/mol. The molecule has 2 aliphatic rings. The molecule has 1 atom stereocenters. The molecule has 5 heteroatoms. The molecular weight excluding hydrogens is 352 g/mol. The zero-order valence-corrected chi connectivity index (χ0v) is 15.6. The van der Waals surface area contributed by atoms with E-state index >= 15 is 0 Å². The molecule has 1 unspecified atom stereocenters. The Morgan fingerprint density at radius 3 is 2.43 bits per heavy atom. The van der Waals surface area contributed by atoms with Crippen LogP contribution in [0.1, 0.15) is 34.8 Å². The lowest BCUT2D eigenvalue weighted by Gasteiger charge is -2.45. The van der Waals surface area contributed by atoms with Gasteiger partial charge in [-0.3, -0.25) is 4.79 Å². The van der Waals surface area contributed by atoms with E-state index in [1.165, 1.54) is 0 Å². The predicted molar refractivity (Wildman–Crippen MR) is 104 cm³/mol. The number of fused-ring (bicyclic) bond motifs is 3. The third kappa shape index (κ3) is 2.12. The second kappa shape index (κ2) is 6.21. The van der Waals surface area contributed by atoms with Crippen LogP contribution in [0.5, 0.6) is 0 Å². The highest BCUT2D eigenvalue weighted by Crippen LogP contribution is 2.55. The number of nitrogens with zero attached hydrogens (tertiary/aromatic N) is 2. The quantitative estimate of drug-likeness (QED) is 0.890. The number of hydrogen-bond donors (Lipinski definition) is 1. The summed E-state index contributed by atoms with van der Waals surface area (Å²) in [5.41, 5.74) is 2.31. The smallest absolute Gasteiger partial charge is 0.338 e. The van der Waals surface area contributed by atoms with Crippen molar-refractivity contribution in [2.24, 2.45) is 0 Å². The lowest BCUT2D eigenvalue weighted by atomic mass is 9.74. The van der Waals surface area contributed by atoms with Gasteiger partial charge < -0.3 is 10.0 Å². The van der Waals surface area contributed by atoms with Crippen LogP contribution in [0.4, 0.5) is 0 Å². The monoisotopic (exact) mass is 370 g/mol. The summed E-state index contributed by atoms with van der Waals surface area (Å²) in [5, 5.41) is 19.7. The molecule has 1 aliphatic carbocycles.